The van der Waals surface area contributed by atoms with E-state index in [0.717, 1.165) is 16.9 Å². The summed E-state index contributed by atoms with van der Waals surface area (Å²) in [6.07, 6.45) is 4.60. The topological polar surface area (TPSA) is 78.7 Å². The van der Waals surface area contributed by atoms with Gasteiger partial charge in [0.2, 0.25) is 0 Å². The predicted octanol–water partition coefficient (Wildman–Crippen LogP) is 1.89. The van der Waals surface area contributed by atoms with Gasteiger partial charge < -0.3 is 20.1 Å². The van der Waals surface area contributed by atoms with Gasteiger partial charge in [-0.2, -0.15) is 0 Å². The van der Waals surface area contributed by atoms with Crippen LogP contribution in [0.15, 0.2) is 24.5 Å². The molecule has 2 amide bonds. The number of aliphatic hydroxyl groups is 1. The van der Waals surface area contributed by atoms with Crippen LogP contribution < -0.4 is 10.6 Å². The summed E-state index contributed by atoms with van der Waals surface area (Å²) in [6, 6.07) is 3.74. The van der Waals surface area contributed by atoms with Gasteiger partial charge in [-0.15, -0.1) is 0 Å². The standard InChI is InChI=1S/C17H26N4O2/c1-12(2)17(4,23)11-19-16(22)18-8-7-14-10-21-9-5-6-13(3)15(21)20-14/h5-6,9-10,12,23H,7-8,11H2,1-4H3,(H2,18,19,22). The molecule has 126 valence electrons. The largest absolute Gasteiger partial charge is 0.388 e. The zero-order valence-electron chi connectivity index (χ0n) is 14.3. The molecule has 0 aromatic carbocycles. The van der Waals surface area contributed by atoms with E-state index in [2.05, 4.69) is 15.6 Å². The summed E-state index contributed by atoms with van der Waals surface area (Å²) in [6.45, 7) is 8.31. The van der Waals surface area contributed by atoms with E-state index in [4.69, 9.17) is 0 Å². The molecule has 23 heavy (non-hydrogen) atoms. The molecule has 2 heterocycles. The van der Waals surface area contributed by atoms with Gasteiger partial charge in [0, 0.05) is 31.9 Å². The first-order chi connectivity index (χ1) is 10.8. The molecule has 1 atom stereocenters. The van der Waals surface area contributed by atoms with E-state index >= 15 is 0 Å². The number of aryl methyl sites for hydroxylation is 1. The summed E-state index contributed by atoms with van der Waals surface area (Å²) < 4.78 is 1.99. The smallest absolute Gasteiger partial charge is 0.314 e. The number of rotatable bonds is 6. The number of hydrogen-bond acceptors (Lipinski definition) is 3. The van der Waals surface area contributed by atoms with E-state index in [9.17, 15) is 9.90 Å². The maximum absolute atomic E-state index is 11.8. The van der Waals surface area contributed by atoms with Crippen LogP contribution in [0.5, 0.6) is 0 Å². The van der Waals surface area contributed by atoms with Crippen molar-refractivity contribution in [1.29, 1.82) is 0 Å². The Balaban J connectivity index is 1.80. The van der Waals surface area contributed by atoms with Gasteiger partial charge in [-0.1, -0.05) is 19.9 Å². The quantitative estimate of drug-likeness (QED) is 0.761. The number of amides is 2. The summed E-state index contributed by atoms with van der Waals surface area (Å²) in [5.74, 6) is 0.0732. The van der Waals surface area contributed by atoms with E-state index in [1.807, 2.05) is 49.7 Å². The fourth-order valence-electron chi connectivity index (χ4n) is 2.15. The third-order valence-electron chi connectivity index (χ3n) is 4.25. The van der Waals surface area contributed by atoms with Crippen molar-refractivity contribution in [3.63, 3.8) is 0 Å². The lowest BCUT2D eigenvalue weighted by Gasteiger charge is -2.27. The molecular formula is C17H26N4O2. The summed E-state index contributed by atoms with van der Waals surface area (Å²) in [4.78, 5) is 16.3. The Hall–Kier alpha value is -2.08. The van der Waals surface area contributed by atoms with Crippen LogP contribution in [0.4, 0.5) is 4.79 Å². The molecule has 0 bridgehead atoms. The Bertz CT molecular complexity index is 676. The molecule has 0 aliphatic rings. The summed E-state index contributed by atoms with van der Waals surface area (Å²) in [5.41, 5.74) is 2.10. The zero-order chi connectivity index (χ0) is 17.0. The third kappa shape index (κ3) is 4.45. The highest BCUT2D eigenvalue weighted by Gasteiger charge is 2.25. The van der Waals surface area contributed by atoms with Crippen LogP contribution in [0.1, 0.15) is 32.0 Å². The van der Waals surface area contributed by atoms with Crippen LogP contribution in [0.2, 0.25) is 0 Å². The van der Waals surface area contributed by atoms with Crippen molar-refractivity contribution in [3.8, 4) is 0 Å². The highest BCUT2D eigenvalue weighted by Crippen LogP contribution is 2.14. The molecule has 0 radical (unpaired) electrons. The summed E-state index contributed by atoms with van der Waals surface area (Å²) >= 11 is 0. The number of fused-ring (bicyclic) bond motifs is 1. The zero-order valence-corrected chi connectivity index (χ0v) is 14.3. The normalized spacial score (nSPS) is 14.0. The molecule has 0 saturated carbocycles. The first kappa shape index (κ1) is 17.3. The number of nitrogens with one attached hydrogen (secondary N) is 2. The number of urea groups is 1. The van der Waals surface area contributed by atoms with Gasteiger partial charge in [-0.05, 0) is 31.4 Å². The second-order valence-electron chi connectivity index (χ2n) is 6.53. The highest BCUT2D eigenvalue weighted by atomic mass is 16.3. The molecule has 1 unspecified atom stereocenters. The molecule has 0 spiro atoms. The van der Waals surface area contributed by atoms with Crippen LogP contribution in [-0.2, 0) is 6.42 Å². The van der Waals surface area contributed by atoms with Crippen LogP contribution in [0.3, 0.4) is 0 Å². The summed E-state index contributed by atoms with van der Waals surface area (Å²) in [7, 11) is 0. The second-order valence-corrected chi connectivity index (χ2v) is 6.53. The number of carbonyl (C=O) groups excluding carboxylic acids is 1. The Kier molecular flexibility index (Phi) is 5.26. The van der Waals surface area contributed by atoms with E-state index in [0.29, 0.717) is 13.0 Å². The Morgan fingerprint density at radius 1 is 1.43 bits per heavy atom. The molecule has 0 saturated heterocycles. The Morgan fingerprint density at radius 3 is 2.83 bits per heavy atom. The van der Waals surface area contributed by atoms with Gasteiger partial charge >= 0.3 is 6.03 Å². The minimum absolute atomic E-state index is 0.0732. The fourth-order valence-corrected chi connectivity index (χ4v) is 2.15. The van der Waals surface area contributed by atoms with Crippen molar-refractivity contribution in [1.82, 2.24) is 20.0 Å². The molecule has 2 rings (SSSR count). The molecular weight excluding hydrogens is 292 g/mol. The average Bonchev–Trinajstić information content (AvgIpc) is 2.89. The minimum atomic E-state index is -0.906. The van der Waals surface area contributed by atoms with Gasteiger partial charge in [0.15, 0.2) is 0 Å². The van der Waals surface area contributed by atoms with Gasteiger partial charge in [0.05, 0.1) is 11.3 Å². The van der Waals surface area contributed by atoms with E-state index in [1.165, 1.54) is 0 Å². The Morgan fingerprint density at radius 2 is 2.17 bits per heavy atom. The van der Waals surface area contributed by atoms with E-state index in [1.54, 1.807) is 6.92 Å². The van der Waals surface area contributed by atoms with Gasteiger partial charge in [-0.25, -0.2) is 9.78 Å². The van der Waals surface area contributed by atoms with Crippen LogP contribution in [0, 0.1) is 12.8 Å². The maximum atomic E-state index is 11.8. The molecule has 0 aliphatic heterocycles. The van der Waals surface area contributed by atoms with Crippen molar-refractivity contribution in [2.24, 2.45) is 5.92 Å². The molecule has 6 nitrogen and oxygen atoms in total. The lowest BCUT2D eigenvalue weighted by molar-refractivity contribution is 0.0166. The van der Waals surface area contributed by atoms with Crippen molar-refractivity contribution in [2.75, 3.05) is 13.1 Å². The van der Waals surface area contributed by atoms with Crippen molar-refractivity contribution < 1.29 is 9.90 Å². The fraction of sp³-hybridized carbons (Fsp3) is 0.529. The van der Waals surface area contributed by atoms with E-state index < -0.39 is 5.60 Å². The molecule has 3 N–H and O–H groups in total. The monoisotopic (exact) mass is 318 g/mol. The second kappa shape index (κ2) is 7.00. The number of aromatic nitrogens is 2. The SMILES string of the molecule is Cc1cccn2cc(CCNC(=O)NCC(C)(O)C(C)C)nc12. The average molecular weight is 318 g/mol. The van der Waals surface area contributed by atoms with Gasteiger partial charge in [0.25, 0.3) is 0 Å². The number of hydrogen-bond donors (Lipinski definition) is 3. The van der Waals surface area contributed by atoms with Crippen LogP contribution in [0.25, 0.3) is 5.65 Å². The number of pyridine rings is 1. The van der Waals surface area contributed by atoms with Gasteiger partial charge in [-0.3, -0.25) is 0 Å². The molecule has 2 aromatic heterocycles. The predicted molar refractivity (Wildman–Crippen MR) is 90.5 cm³/mol. The van der Waals surface area contributed by atoms with Crippen molar-refractivity contribution in [2.45, 2.75) is 39.7 Å². The number of carbonyl (C=O) groups is 1. The first-order valence-electron chi connectivity index (χ1n) is 7.97. The van der Waals surface area contributed by atoms with E-state index in [-0.39, 0.29) is 18.5 Å². The van der Waals surface area contributed by atoms with Crippen molar-refractivity contribution in [3.05, 3.63) is 35.8 Å². The van der Waals surface area contributed by atoms with Crippen LogP contribution in [-0.4, -0.2) is 39.2 Å². The first-order valence-corrected chi connectivity index (χ1v) is 7.97. The maximum Gasteiger partial charge on any atom is 0.314 e. The molecule has 0 aliphatic carbocycles. The lowest BCUT2D eigenvalue weighted by Crippen LogP contribution is -2.47. The number of imidazole rings is 1. The highest BCUT2D eigenvalue weighted by molar-refractivity contribution is 5.73. The molecule has 2 aromatic rings. The van der Waals surface area contributed by atoms with Gasteiger partial charge in [0.1, 0.15) is 5.65 Å². The Labute approximate surface area is 136 Å². The summed E-state index contributed by atoms with van der Waals surface area (Å²) in [5, 5.41) is 15.6. The number of nitrogens with zero attached hydrogens (tertiary/aromatic N) is 2. The molecule has 0 fully saturated rings. The molecule has 6 heteroatoms. The third-order valence-corrected chi connectivity index (χ3v) is 4.25. The van der Waals surface area contributed by atoms with Crippen LogP contribution >= 0.6 is 0 Å². The lowest BCUT2D eigenvalue weighted by atomic mass is 9.93. The minimum Gasteiger partial charge on any atom is -0.388 e. The van der Waals surface area contributed by atoms with Crippen molar-refractivity contribution >= 4 is 11.7 Å².